The van der Waals surface area contributed by atoms with Crippen LogP contribution in [0.3, 0.4) is 0 Å². The molecule has 2 fully saturated rings. The van der Waals surface area contributed by atoms with Gasteiger partial charge in [-0.05, 0) is 62.4 Å². The Morgan fingerprint density at radius 3 is 1.76 bits per heavy atom. The Balaban J connectivity index is 0.000000331. The van der Waals surface area contributed by atoms with Gasteiger partial charge in [-0.2, -0.15) is 0 Å². The van der Waals surface area contributed by atoms with E-state index < -0.39 is 34.5 Å². The van der Waals surface area contributed by atoms with Crippen molar-refractivity contribution >= 4 is 12.2 Å². The number of likely N-dealkylation sites (tertiary alicyclic amines) is 1. The summed E-state index contributed by atoms with van der Waals surface area (Å²) in [5, 5.41) is 8.97. The molecule has 2 aliphatic rings. The van der Waals surface area contributed by atoms with Crippen LogP contribution >= 0.6 is 0 Å². The maximum Gasteiger partial charge on any atom is 0.408 e. The number of hydrogen-bond acceptors (Lipinski definition) is 8. The monoisotopic (exact) mass is 474 g/mol. The van der Waals surface area contributed by atoms with Crippen molar-refractivity contribution in [3.05, 3.63) is 0 Å². The number of rotatable bonds is 4. The first-order valence-corrected chi connectivity index (χ1v) is 11.4. The fourth-order valence-electron chi connectivity index (χ4n) is 4.01. The van der Waals surface area contributed by atoms with Crippen molar-refractivity contribution in [2.75, 3.05) is 47.4 Å². The maximum atomic E-state index is 11.8. The normalized spacial score (nSPS) is 30.3. The highest BCUT2D eigenvalue weighted by atomic mass is 16.6. The third-order valence-corrected chi connectivity index (χ3v) is 5.46. The molecule has 0 aromatic rings. The standard InChI is InChI=1S/C12H24N2O3.C11H22N2O3/c1-11(2,3)17-10(15)13-12(4)8-14(5)7-9(12)16-6;1-10(2,3)16-9(14)13-11(4)7-12-6-8(11)15-5/h9H,7-8H2,1-6H3,(H,13,15);8,12H,6-7H2,1-5H3,(H,13,14). The molecule has 10 heteroatoms. The highest BCUT2D eigenvalue weighted by Crippen LogP contribution is 2.23. The van der Waals surface area contributed by atoms with Gasteiger partial charge in [-0.3, -0.25) is 0 Å². The molecular formula is C23H46N4O6. The summed E-state index contributed by atoms with van der Waals surface area (Å²) in [6.45, 7) is 18.0. The molecule has 3 N–H and O–H groups in total. The second-order valence-corrected chi connectivity index (χ2v) is 11.4. The molecule has 194 valence electrons. The second kappa shape index (κ2) is 11.2. The zero-order valence-electron chi connectivity index (χ0n) is 22.4. The van der Waals surface area contributed by atoms with Gasteiger partial charge < -0.3 is 39.8 Å². The Morgan fingerprint density at radius 1 is 0.879 bits per heavy atom. The van der Waals surface area contributed by atoms with Gasteiger partial charge in [0.2, 0.25) is 0 Å². The van der Waals surface area contributed by atoms with Gasteiger partial charge in [0.05, 0.1) is 23.3 Å². The van der Waals surface area contributed by atoms with Crippen molar-refractivity contribution in [3.8, 4) is 0 Å². The van der Waals surface area contributed by atoms with Crippen LogP contribution in [-0.4, -0.2) is 99.0 Å². The minimum Gasteiger partial charge on any atom is -0.444 e. The summed E-state index contributed by atoms with van der Waals surface area (Å²) in [6.07, 6.45) is -0.835. The first-order chi connectivity index (χ1) is 14.9. The Bertz CT molecular complexity index is 662. The van der Waals surface area contributed by atoms with Crippen molar-refractivity contribution in [1.29, 1.82) is 0 Å². The highest BCUT2D eigenvalue weighted by molar-refractivity contribution is 5.69. The summed E-state index contributed by atoms with van der Waals surface area (Å²) in [6, 6.07) is 0. The topological polar surface area (TPSA) is 110 Å². The molecule has 2 saturated heterocycles. The van der Waals surface area contributed by atoms with Crippen molar-refractivity contribution < 1.29 is 28.5 Å². The number of carbonyl (C=O) groups excluding carboxylic acids is 2. The molecule has 2 heterocycles. The number of carbonyl (C=O) groups is 2. The van der Waals surface area contributed by atoms with Crippen LogP contribution in [0.5, 0.6) is 0 Å². The molecule has 0 aliphatic carbocycles. The van der Waals surface area contributed by atoms with Crippen LogP contribution in [0.4, 0.5) is 9.59 Å². The molecule has 0 aromatic carbocycles. The third kappa shape index (κ3) is 9.64. The average Bonchev–Trinajstić information content (AvgIpc) is 3.09. The number of methoxy groups -OCH3 is 2. The molecule has 10 nitrogen and oxygen atoms in total. The number of nitrogens with one attached hydrogen (secondary N) is 3. The van der Waals surface area contributed by atoms with Gasteiger partial charge in [-0.1, -0.05) is 0 Å². The van der Waals surface area contributed by atoms with Crippen LogP contribution in [0.25, 0.3) is 0 Å². The minimum absolute atomic E-state index is 0.0139. The van der Waals surface area contributed by atoms with Crippen LogP contribution in [0.1, 0.15) is 55.4 Å². The zero-order valence-corrected chi connectivity index (χ0v) is 22.4. The predicted octanol–water partition coefficient (Wildman–Crippen LogP) is 2.12. The Kier molecular flexibility index (Phi) is 9.99. The SMILES string of the molecule is COC1CN(C)CC1(C)NC(=O)OC(C)(C)C.COC1CNCC1(C)NC(=O)OC(C)(C)C. The Hall–Kier alpha value is -1.62. The van der Waals surface area contributed by atoms with Crippen LogP contribution in [0.15, 0.2) is 0 Å². The lowest BCUT2D eigenvalue weighted by atomic mass is 9.99. The van der Waals surface area contributed by atoms with Crippen molar-refractivity contribution in [2.45, 2.75) is 89.9 Å². The van der Waals surface area contributed by atoms with E-state index in [1.807, 2.05) is 62.4 Å². The first-order valence-electron chi connectivity index (χ1n) is 11.4. The smallest absolute Gasteiger partial charge is 0.408 e. The number of likely N-dealkylation sites (N-methyl/N-ethyl adjacent to an activating group) is 1. The summed E-state index contributed by atoms with van der Waals surface area (Å²) in [4.78, 5) is 25.6. The summed E-state index contributed by atoms with van der Waals surface area (Å²) in [7, 11) is 5.32. The van der Waals surface area contributed by atoms with E-state index in [0.717, 1.165) is 19.6 Å². The minimum atomic E-state index is -0.479. The molecule has 4 unspecified atom stereocenters. The van der Waals surface area contributed by atoms with E-state index in [0.29, 0.717) is 6.54 Å². The maximum absolute atomic E-state index is 11.8. The molecule has 0 aromatic heterocycles. The number of nitrogens with zero attached hydrogens (tertiary/aromatic N) is 1. The van der Waals surface area contributed by atoms with Crippen LogP contribution in [-0.2, 0) is 18.9 Å². The van der Waals surface area contributed by atoms with Crippen molar-refractivity contribution in [2.24, 2.45) is 0 Å². The van der Waals surface area contributed by atoms with E-state index in [9.17, 15) is 9.59 Å². The van der Waals surface area contributed by atoms with Crippen LogP contribution in [0, 0.1) is 0 Å². The average molecular weight is 475 g/mol. The van der Waals surface area contributed by atoms with Crippen molar-refractivity contribution in [3.63, 3.8) is 0 Å². The number of amides is 2. The fourth-order valence-corrected chi connectivity index (χ4v) is 4.01. The third-order valence-electron chi connectivity index (χ3n) is 5.46. The lowest BCUT2D eigenvalue weighted by Gasteiger charge is -2.32. The van der Waals surface area contributed by atoms with E-state index in [1.54, 1.807) is 14.2 Å². The molecule has 0 spiro atoms. The lowest BCUT2D eigenvalue weighted by molar-refractivity contribution is 0.0248. The summed E-state index contributed by atoms with van der Waals surface area (Å²) in [5.74, 6) is 0. The van der Waals surface area contributed by atoms with Gasteiger partial charge in [0.1, 0.15) is 11.2 Å². The summed E-state index contributed by atoms with van der Waals surface area (Å²) >= 11 is 0. The van der Waals surface area contributed by atoms with Gasteiger partial charge in [0.25, 0.3) is 0 Å². The van der Waals surface area contributed by atoms with Gasteiger partial charge in [0, 0.05) is 40.4 Å². The Morgan fingerprint density at radius 2 is 1.33 bits per heavy atom. The Labute approximate surface area is 199 Å². The molecule has 0 radical (unpaired) electrons. The van der Waals surface area contributed by atoms with Crippen LogP contribution < -0.4 is 16.0 Å². The van der Waals surface area contributed by atoms with E-state index in [4.69, 9.17) is 18.9 Å². The van der Waals surface area contributed by atoms with Gasteiger partial charge in [-0.25, -0.2) is 9.59 Å². The quantitative estimate of drug-likeness (QED) is 0.568. The van der Waals surface area contributed by atoms with Gasteiger partial charge in [0.15, 0.2) is 0 Å². The first kappa shape index (κ1) is 29.4. The summed E-state index contributed by atoms with van der Waals surface area (Å²) in [5.41, 5.74) is -1.76. The van der Waals surface area contributed by atoms with Crippen LogP contribution in [0.2, 0.25) is 0 Å². The van der Waals surface area contributed by atoms with E-state index in [1.165, 1.54) is 0 Å². The second-order valence-electron chi connectivity index (χ2n) is 11.4. The number of ether oxygens (including phenoxy) is 4. The molecule has 2 amide bonds. The van der Waals surface area contributed by atoms with E-state index in [-0.39, 0.29) is 12.2 Å². The predicted molar refractivity (Wildman–Crippen MR) is 128 cm³/mol. The zero-order chi connectivity index (χ0) is 25.7. The molecular weight excluding hydrogens is 428 g/mol. The highest BCUT2D eigenvalue weighted by Gasteiger charge is 2.44. The fraction of sp³-hybridized carbons (Fsp3) is 0.913. The van der Waals surface area contributed by atoms with E-state index in [2.05, 4.69) is 20.9 Å². The van der Waals surface area contributed by atoms with E-state index >= 15 is 0 Å². The molecule has 2 rings (SSSR count). The molecule has 33 heavy (non-hydrogen) atoms. The molecule has 2 aliphatic heterocycles. The summed E-state index contributed by atoms with van der Waals surface area (Å²) < 4.78 is 21.2. The number of alkyl carbamates (subject to hydrolysis) is 2. The lowest BCUT2D eigenvalue weighted by Crippen LogP contribution is -2.55. The van der Waals surface area contributed by atoms with Gasteiger partial charge >= 0.3 is 12.2 Å². The molecule has 0 bridgehead atoms. The molecule has 4 atom stereocenters. The van der Waals surface area contributed by atoms with Crippen molar-refractivity contribution in [1.82, 2.24) is 20.9 Å². The van der Waals surface area contributed by atoms with Gasteiger partial charge in [-0.15, -0.1) is 0 Å². The molecule has 0 saturated carbocycles. The largest absolute Gasteiger partial charge is 0.444 e. The number of hydrogen-bond donors (Lipinski definition) is 3.